The molecule has 76 valence electrons. The van der Waals surface area contributed by atoms with Crippen LogP contribution in [0, 0.1) is 0 Å². The lowest BCUT2D eigenvalue weighted by molar-refractivity contribution is -0.0695. The minimum absolute atomic E-state index is 0.0293. The zero-order valence-electron chi connectivity index (χ0n) is 7.43. The van der Waals surface area contributed by atoms with Gasteiger partial charge in [-0.15, -0.1) is 0 Å². The van der Waals surface area contributed by atoms with E-state index in [-0.39, 0.29) is 17.6 Å². The first kappa shape index (κ1) is 9.23. The molecule has 0 amide bonds. The Labute approximate surface area is 80.1 Å². The zero-order valence-corrected chi connectivity index (χ0v) is 7.43. The van der Waals surface area contributed by atoms with E-state index in [1.54, 1.807) is 0 Å². The average Bonchev–Trinajstić information content (AvgIpc) is 2.49. The predicted octanol–water partition coefficient (Wildman–Crippen LogP) is 0.286. The van der Waals surface area contributed by atoms with E-state index in [2.05, 4.69) is 0 Å². The first-order chi connectivity index (χ1) is 6.51. The molecule has 2 rings (SSSR count). The number of hydrogen-bond acceptors (Lipinski definition) is 4. The molecular weight excluding hydrogens is 186 g/mol. The van der Waals surface area contributed by atoms with Gasteiger partial charge in [0.05, 0.1) is 0 Å². The molecule has 5 nitrogen and oxygen atoms in total. The number of rotatable bonds is 2. The Hall–Kier alpha value is -1.33. The summed E-state index contributed by atoms with van der Waals surface area (Å²) in [6.45, 7) is 0. The van der Waals surface area contributed by atoms with Crippen molar-refractivity contribution in [3.63, 3.8) is 0 Å². The molecule has 1 heterocycles. The fourth-order valence-electron chi connectivity index (χ4n) is 1.71. The fraction of sp³-hybridized carbons (Fsp3) is 0.444. The molecule has 1 saturated carbocycles. The van der Waals surface area contributed by atoms with Crippen LogP contribution in [0.4, 0.5) is 0 Å². The summed E-state index contributed by atoms with van der Waals surface area (Å²) >= 11 is 0. The molecule has 5 heteroatoms. The minimum Gasteiger partial charge on any atom is -0.475 e. The molecule has 0 saturated heterocycles. The van der Waals surface area contributed by atoms with Crippen LogP contribution >= 0.6 is 0 Å². The summed E-state index contributed by atoms with van der Waals surface area (Å²) in [6, 6.07) is 2.79. The van der Waals surface area contributed by atoms with Gasteiger partial charge >= 0.3 is 5.97 Å². The highest BCUT2D eigenvalue weighted by Gasteiger charge is 2.44. The number of nitrogens with two attached hydrogens (primary N) is 1. The number of aliphatic hydroxyl groups is 1. The van der Waals surface area contributed by atoms with Crippen LogP contribution in [0.3, 0.4) is 0 Å². The third-order valence-corrected chi connectivity index (χ3v) is 2.48. The average molecular weight is 197 g/mol. The van der Waals surface area contributed by atoms with Crippen LogP contribution in [0.5, 0.6) is 0 Å². The van der Waals surface area contributed by atoms with E-state index in [1.807, 2.05) is 0 Å². The first-order valence-corrected chi connectivity index (χ1v) is 4.33. The summed E-state index contributed by atoms with van der Waals surface area (Å²) in [7, 11) is 0. The summed E-state index contributed by atoms with van der Waals surface area (Å²) < 4.78 is 5.00. The van der Waals surface area contributed by atoms with Gasteiger partial charge in [-0.25, -0.2) is 4.79 Å². The van der Waals surface area contributed by atoms with Gasteiger partial charge in [0.25, 0.3) is 0 Å². The van der Waals surface area contributed by atoms with Crippen LogP contribution in [0.1, 0.15) is 29.2 Å². The van der Waals surface area contributed by atoms with Crippen LogP contribution < -0.4 is 5.73 Å². The normalized spacial score (nSPS) is 31.1. The van der Waals surface area contributed by atoms with Gasteiger partial charge < -0.3 is 20.4 Å². The molecule has 1 aliphatic carbocycles. The third-order valence-electron chi connectivity index (χ3n) is 2.48. The van der Waals surface area contributed by atoms with Crippen LogP contribution in [0.2, 0.25) is 0 Å². The Balaban J connectivity index is 2.21. The summed E-state index contributed by atoms with van der Waals surface area (Å²) in [6.07, 6.45) is 0.832. The van der Waals surface area contributed by atoms with Gasteiger partial charge in [-0.2, -0.15) is 0 Å². The molecule has 0 aromatic carbocycles. The lowest BCUT2D eigenvalue weighted by Crippen LogP contribution is -2.48. The maximum absolute atomic E-state index is 10.5. The van der Waals surface area contributed by atoms with E-state index in [0.29, 0.717) is 12.8 Å². The van der Waals surface area contributed by atoms with E-state index in [0.717, 1.165) is 0 Å². The van der Waals surface area contributed by atoms with E-state index in [4.69, 9.17) is 15.3 Å². The highest BCUT2D eigenvalue weighted by molar-refractivity contribution is 5.84. The Morgan fingerprint density at radius 3 is 2.64 bits per heavy atom. The Morgan fingerprint density at radius 2 is 2.21 bits per heavy atom. The Kier molecular flexibility index (Phi) is 1.87. The monoisotopic (exact) mass is 197 g/mol. The standard InChI is InChI=1S/C9H11NO4/c10-5-3-9(13,4-5)7-2-1-6(14-7)8(11)12/h1-2,5,13H,3-4,10H2,(H,11,12). The smallest absolute Gasteiger partial charge is 0.371 e. The molecule has 0 bridgehead atoms. The highest BCUT2D eigenvalue weighted by atomic mass is 16.4. The SMILES string of the molecule is NC1CC(O)(c2ccc(C(=O)O)o2)C1. The van der Waals surface area contributed by atoms with Crippen molar-refractivity contribution in [2.75, 3.05) is 0 Å². The molecule has 14 heavy (non-hydrogen) atoms. The van der Waals surface area contributed by atoms with Gasteiger partial charge in [0.2, 0.25) is 5.76 Å². The Morgan fingerprint density at radius 1 is 1.57 bits per heavy atom. The van der Waals surface area contributed by atoms with E-state index < -0.39 is 11.6 Å². The summed E-state index contributed by atoms with van der Waals surface area (Å²) in [4.78, 5) is 10.5. The fourth-order valence-corrected chi connectivity index (χ4v) is 1.71. The lowest BCUT2D eigenvalue weighted by Gasteiger charge is -2.39. The second-order valence-corrected chi connectivity index (χ2v) is 3.67. The lowest BCUT2D eigenvalue weighted by atomic mass is 9.75. The molecule has 1 fully saturated rings. The molecule has 1 aromatic rings. The molecule has 0 spiro atoms. The summed E-state index contributed by atoms with van der Waals surface area (Å²) in [5.74, 6) is -1.01. The van der Waals surface area contributed by atoms with E-state index in [9.17, 15) is 9.90 Å². The van der Waals surface area contributed by atoms with Crippen molar-refractivity contribution in [2.45, 2.75) is 24.5 Å². The van der Waals surface area contributed by atoms with Crippen LogP contribution in [-0.4, -0.2) is 22.2 Å². The molecule has 0 radical (unpaired) electrons. The number of furan rings is 1. The number of carboxylic acids is 1. The number of carbonyl (C=O) groups is 1. The molecule has 1 aromatic heterocycles. The Bertz CT molecular complexity index is 365. The van der Waals surface area contributed by atoms with Crippen molar-refractivity contribution >= 4 is 5.97 Å². The van der Waals surface area contributed by atoms with Gasteiger partial charge in [-0.05, 0) is 25.0 Å². The quantitative estimate of drug-likeness (QED) is 0.633. The van der Waals surface area contributed by atoms with Crippen molar-refractivity contribution < 1.29 is 19.4 Å². The van der Waals surface area contributed by atoms with Gasteiger partial charge in [0, 0.05) is 6.04 Å². The number of hydrogen-bond donors (Lipinski definition) is 3. The second kappa shape index (κ2) is 2.83. The van der Waals surface area contributed by atoms with Gasteiger partial charge in [-0.3, -0.25) is 0 Å². The van der Waals surface area contributed by atoms with Gasteiger partial charge in [0.1, 0.15) is 11.4 Å². The highest BCUT2D eigenvalue weighted by Crippen LogP contribution is 2.40. The number of aromatic carboxylic acids is 1. The molecular formula is C9H11NO4. The van der Waals surface area contributed by atoms with Crippen LogP contribution in [0.15, 0.2) is 16.5 Å². The van der Waals surface area contributed by atoms with Crippen molar-refractivity contribution in [2.24, 2.45) is 5.73 Å². The molecule has 4 N–H and O–H groups in total. The molecule has 1 aliphatic rings. The second-order valence-electron chi connectivity index (χ2n) is 3.67. The minimum atomic E-state index is -1.14. The predicted molar refractivity (Wildman–Crippen MR) is 46.8 cm³/mol. The molecule has 0 atom stereocenters. The third kappa shape index (κ3) is 1.30. The maximum atomic E-state index is 10.5. The van der Waals surface area contributed by atoms with Crippen LogP contribution in [-0.2, 0) is 5.60 Å². The zero-order chi connectivity index (χ0) is 10.3. The van der Waals surface area contributed by atoms with Crippen molar-refractivity contribution in [3.05, 3.63) is 23.7 Å². The molecule has 0 unspecified atom stereocenters. The van der Waals surface area contributed by atoms with Crippen molar-refractivity contribution in [3.8, 4) is 0 Å². The summed E-state index contributed by atoms with van der Waals surface area (Å²) in [5, 5.41) is 18.5. The molecule has 0 aliphatic heterocycles. The largest absolute Gasteiger partial charge is 0.475 e. The van der Waals surface area contributed by atoms with Crippen LogP contribution in [0.25, 0.3) is 0 Å². The van der Waals surface area contributed by atoms with Crippen molar-refractivity contribution in [1.29, 1.82) is 0 Å². The van der Waals surface area contributed by atoms with E-state index in [1.165, 1.54) is 12.1 Å². The maximum Gasteiger partial charge on any atom is 0.371 e. The van der Waals surface area contributed by atoms with Gasteiger partial charge in [0.15, 0.2) is 0 Å². The number of carboxylic acid groups (broad SMARTS) is 1. The van der Waals surface area contributed by atoms with Crippen molar-refractivity contribution in [1.82, 2.24) is 0 Å². The topological polar surface area (TPSA) is 96.7 Å². The van der Waals surface area contributed by atoms with Gasteiger partial charge in [-0.1, -0.05) is 0 Å². The summed E-state index contributed by atoms with van der Waals surface area (Å²) in [5.41, 5.74) is 4.48. The van der Waals surface area contributed by atoms with E-state index >= 15 is 0 Å². The first-order valence-electron chi connectivity index (χ1n) is 4.33.